The minimum absolute atomic E-state index is 0.118. The number of fused-ring (bicyclic) bond motifs is 2. The van der Waals surface area contributed by atoms with Crippen molar-refractivity contribution >= 4 is 40.7 Å². The van der Waals surface area contributed by atoms with E-state index < -0.39 is 13.1 Å². The molecule has 2 amide bonds. The first-order valence-electron chi connectivity index (χ1n) is 14.8. The molecule has 1 atom stereocenters. The number of hydrogen-bond acceptors (Lipinski definition) is 7. The Morgan fingerprint density at radius 3 is 2.10 bits per heavy atom. The van der Waals surface area contributed by atoms with E-state index in [-0.39, 0.29) is 18.4 Å². The fraction of sp³-hybridized carbons (Fsp3) is 0.375. The van der Waals surface area contributed by atoms with Crippen LogP contribution in [-0.2, 0) is 22.7 Å². The van der Waals surface area contributed by atoms with Crippen molar-refractivity contribution in [2.24, 2.45) is 0 Å². The van der Waals surface area contributed by atoms with Crippen molar-refractivity contribution in [2.75, 3.05) is 19.6 Å². The SMILES string of the molecule is O=C(CCCCCN(Cc1ccc2ccccc2n1)Cc1ccc2ccccc2n1)NCC(=O)N1CCC[C@H]1B(O)O. The van der Waals surface area contributed by atoms with Gasteiger partial charge in [0, 0.05) is 36.8 Å². The third-order valence-corrected chi connectivity index (χ3v) is 7.86. The molecule has 3 heterocycles. The molecule has 9 nitrogen and oxygen atoms in total. The second-order valence-corrected chi connectivity index (χ2v) is 11.0. The summed E-state index contributed by atoms with van der Waals surface area (Å²) in [6.07, 6.45) is 4.14. The molecule has 0 saturated carbocycles. The Bertz CT molecular complexity index is 1440. The number of likely N-dealkylation sites (tertiary alicyclic amines) is 1. The summed E-state index contributed by atoms with van der Waals surface area (Å²) in [4.78, 5) is 38.4. The van der Waals surface area contributed by atoms with E-state index in [9.17, 15) is 19.6 Å². The molecule has 0 unspecified atom stereocenters. The van der Waals surface area contributed by atoms with E-state index in [1.165, 1.54) is 4.90 Å². The van der Waals surface area contributed by atoms with Crippen molar-refractivity contribution < 1.29 is 19.6 Å². The number of rotatable bonds is 13. The number of nitrogens with one attached hydrogen (secondary N) is 1. The largest absolute Gasteiger partial charge is 0.475 e. The molecule has 2 aromatic carbocycles. The molecule has 3 N–H and O–H groups in total. The monoisotopic (exact) mass is 567 g/mol. The highest BCUT2D eigenvalue weighted by molar-refractivity contribution is 6.43. The van der Waals surface area contributed by atoms with Crippen molar-refractivity contribution in [3.05, 3.63) is 84.2 Å². The lowest BCUT2D eigenvalue weighted by Gasteiger charge is -2.24. The van der Waals surface area contributed by atoms with Crippen LogP contribution in [0.3, 0.4) is 0 Å². The van der Waals surface area contributed by atoms with Crippen molar-refractivity contribution in [3.63, 3.8) is 0 Å². The Labute approximate surface area is 246 Å². The van der Waals surface area contributed by atoms with Crippen LogP contribution in [0, 0.1) is 0 Å². The lowest BCUT2D eigenvalue weighted by atomic mass is 9.78. The number of hydrogen-bond donors (Lipinski definition) is 3. The molecular weight excluding hydrogens is 529 g/mol. The summed E-state index contributed by atoms with van der Waals surface area (Å²) in [6, 6.07) is 24.6. The quantitative estimate of drug-likeness (QED) is 0.167. The minimum Gasteiger partial charge on any atom is -0.426 e. The van der Waals surface area contributed by atoms with E-state index in [0.29, 0.717) is 32.5 Å². The highest BCUT2D eigenvalue weighted by Crippen LogP contribution is 2.19. The summed E-state index contributed by atoms with van der Waals surface area (Å²) >= 11 is 0. The third kappa shape index (κ3) is 7.91. The number of carbonyl (C=O) groups excluding carboxylic acids is 2. The summed E-state index contributed by atoms with van der Waals surface area (Å²) in [7, 11) is -1.55. The van der Waals surface area contributed by atoms with Gasteiger partial charge in [-0.05, 0) is 56.5 Å². The van der Waals surface area contributed by atoms with E-state index in [2.05, 4.69) is 46.6 Å². The highest BCUT2D eigenvalue weighted by atomic mass is 16.4. The van der Waals surface area contributed by atoms with Crippen LogP contribution in [0.25, 0.3) is 21.8 Å². The Balaban J connectivity index is 1.12. The first-order valence-corrected chi connectivity index (χ1v) is 14.8. The van der Waals surface area contributed by atoms with E-state index in [0.717, 1.165) is 65.4 Å². The van der Waals surface area contributed by atoms with Crippen LogP contribution in [0.2, 0.25) is 0 Å². The smallest absolute Gasteiger partial charge is 0.426 e. The van der Waals surface area contributed by atoms with Gasteiger partial charge in [-0.15, -0.1) is 0 Å². The van der Waals surface area contributed by atoms with Gasteiger partial charge >= 0.3 is 7.12 Å². The highest BCUT2D eigenvalue weighted by Gasteiger charge is 2.36. The molecule has 1 aliphatic rings. The molecule has 0 bridgehead atoms. The number of unbranched alkanes of at least 4 members (excludes halogenated alkanes) is 2. The van der Waals surface area contributed by atoms with Crippen molar-refractivity contribution in [2.45, 2.75) is 57.6 Å². The van der Waals surface area contributed by atoms with Crippen LogP contribution in [0.15, 0.2) is 72.8 Å². The van der Waals surface area contributed by atoms with Gasteiger partial charge < -0.3 is 20.3 Å². The number of aromatic nitrogens is 2. The number of carbonyl (C=O) groups is 2. The lowest BCUT2D eigenvalue weighted by Crippen LogP contribution is -2.48. The van der Waals surface area contributed by atoms with Crippen LogP contribution in [0.1, 0.15) is 49.9 Å². The second kappa shape index (κ2) is 14.4. The Morgan fingerprint density at radius 1 is 0.857 bits per heavy atom. The average Bonchev–Trinajstić information content (AvgIpc) is 3.50. The maximum absolute atomic E-state index is 12.4. The predicted molar refractivity (Wildman–Crippen MR) is 164 cm³/mol. The summed E-state index contributed by atoms with van der Waals surface area (Å²) in [5.41, 5.74) is 3.98. The van der Waals surface area contributed by atoms with Gasteiger partial charge in [0.1, 0.15) is 0 Å². The maximum Gasteiger partial charge on any atom is 0.475 e. The van der Waals surface area contributed by atoms with Gasteiger partial charge in [-0.1, -0.05) is 55.0 Å². The topological polar surface area (TPSA) is 119 Å². The van der Waals surface area contributed by atoms with Crippen LogP contribution >= 0.6 is 0 Å². The van der Waals surface area contributed by atoms with Crippen molar-refractivity contribution in [3.8, 4) is 0 Å². The fourth-order valence-electron chi connectivity index (χ4n) is 5.64. The Hall–Kier alpha value is -3.86. The molecule has 5 rings (SSSR count). The summed E-state index contributed by atoms with van der Waals surface area (Å²) in [6.45, 7) is 2.59. The summed E-state index contributed by atoms with van der Waals surface area (Å²) in [5, 5.41) is 23.9. The Kier molecular flexibility index (Phi) is 10.1. The standard InChI is InChI=1S/C32H38BN5O4/c39-31(34-21-32(40)38-20-8-13-30(38)33(41)42)14-2-1-7-19-37(22-26-17-15-24-9-3-5-11-28(24)35-26)23-27-18-16-25-10-4-6-12-29(25)36-27/h3-6,9-12,15-18,30,41-42H,1-2,7-8,13-14,19-23H2,(H,34,39)/t30-/m0/s1. The number of amides is 2. The molecule has 0 radical (unpaired) electrons. The molecule has 0 aliphatic carbocycles. The first-order chi connectivity index (χ1) is 20.5. The first kappa shape index (κ1) is 29.6. The number of pyridine rings is 2. The normalized spacial score (nSPS) is 15.0. The molecule has 42 heavy (non-hydrogen) atoms. The lowest BCUT2D eigenvalue weighted by molar-refractivity contribution is -0.132. The molecule has 0 spiro atoms. The van der Waals surface area contributed by atoms with Gasteiger partial charge in [0.05, 0.1) is 34.9 Å². The summed E-state index contributed by atoms with van der Waals surface area (Å²) < 4.78 is 0. The fourth-order valence-corrected chi connectivity index (χ4v) is 5.64. The van der Waals surface area contributed by atoms with Crippen LogP contribution < -0.4 is 5.32 Å². The molecule has 1 saturated heterocycles. The van der Waals surface area contributed by atoms with Gasteiger partial charge in [-0.3, -0.25) is 24.5 Å². The number of benzene rings is 2. The Morgan fingerprint density at radius 2 is 1.48 bits per heavy atom. The number of para-hydroxylation sites is 2. The van der Waals surface area contributed by atoms with Crippen LogP contribution in [0.4, 0.5) is 0 Å². The van der Waals surface area contributed by atoms with Gasteiger partial charge in [-0.2, -0.15) is 0 Å². The predicted octanol–water partition coefficient (Wildman–Crippen LogP) is 3.46. The molecule has 2 aromatic heterocycles. The van der Waals surface area contributed by atoms with E-state index >= 15 is 0 Å². The molecule has 1 aliphatic heterocycles. The minimum atomic E-state index is -1.55. The van der Waals surface area contributed by atoms with Crippen molar-refractivity contribution in [1.82, 2.24) is 25.1 Å². The van der Waals surface area contributed by atoms with Gasteiger partial charge in [0.2, 0.25) is 11.8 Å². The van der Waals surface area contributed by atoms with Gasteiger partial charge in [0.25, 0.3) is 0 Å². The molecule has 1 fully saturated rings. The van der Waals surface area contributed by atoms with Crippen LogP contribution in [-0.4, -0.2) is 74.3 Å². The number of nitrogens with zero attached hydrogens (tertiary/aromatic N) is 4. The summed E-state index contributed by atoms with van der Waals surface area (Å²) in [5.74, 6) is -1.03. The van der Waals surface area contributed by atoms with Crippen molar-refractivity contribution in [1.29, 1.82) is 0 Å². The van der Waals surface area contributed by atoms with Crippen LogP contribution in [0.5, 0.6) is 0 Å². The third-order valence-electron chi connectivity index (χ3n) is 7.86. The zero-order chi connectivity index (χ0) is 29.3. The van der Waals surface area contributed by atoms with E-state index in [1.54, 1.807) is 0 Å². The maximum atomic E-state index is 12.4. The molecule has 10 heteroatoms. The molecular formula is C32H38BN5O4. The van der Waals surface area contributed by atoms with E-state index in [4.69, 9.17) is 9.97 Å². The zero-order valence-corrected chi connectivity index (χ0v) is 23.9. The van der Waals surface area contributed by atoms with Gasteiger partial charge in [-0.25, -0.2) is 0 Å². The average molecular weight is 567 g/mol. The molecule has 4 aromatic rings. The molecule has 218 valence electrons. The van der Waals surface area contributed by atoms with E-state index in [1.807, 2.05) is 36.4 Å². The second-order valence-electron chi connectivity index (χ2n) is 11.0. The zero-order valence-electron chi connectivity index (χ0n) is 23.9. The van der Waals surface area contributed by atoms with Gasteiger partial charge in [0.15, 0.2) is 0 Å².